The number of amides is 1. The second-order valence-electron chi connectivity index (χ2n) is 6.07. The van der Waals surface area contributed by atoms with Crippen LogP contribution in [0.4, 0.5) is 0 Å². The molecule has 3 rings (SSSR count). The first-order valence-electron chi connectivity index (χ1n) is 7.61. The van der Waals surface area contributed by atoms with Gasteiger partial charge in [-0.1, -0.05) is 0 Å². The second kappa shape index (κ2) is 6.96. The van der Waals surface area contributed by atoms with Crippen LogP contribution < -0.4 is 5.32 Å². The van der Waals surface area contributed by atoms with Crippen LogP contribution >= 0.6 is 38.5 Å². The van der Waals surface area contributed by atoms with E-state index in [0.29, 0.717) is 6.04 Å². The van der Waals surface area contributed by atoms with Crippen molar-refractivity contribution in [3.05, 3.63) is 31.8 Å². The van der Waals surface area contributed by atoms with Gasteiger partial charge < -0.3 is 10.2 Å². The Morgan fingerprint density at radius 3 is 2.81 bits per heavy atom. The molecule has 1 aromatic carbocycles. The Balaban J connectivity index is 1.76. The van der Waals surface area contributed by atoms with Crippen LogP contribution in [0.1, 0.15) is 36.0 Å². The number of benzene rings is 1. The number of carbonyl (C=O) groups excluding carboxylic acids is 1. The van der Waals surface area contributed by atoms with Crippen LogP contribution in [0, 0.1) is 9.49 Å². The monoisotopic (exact) mass is 462 g/mol. The first-order valence-corrected chi connectivity index (χ1v) is 9.48. The van der Waals surface area contributed by atoms with Crippen molar-refractivity contribution in [2.45, 2.75) is 31.7 Å². The fraction of sp³-hybridized carbons (Fsp3) is 0.562. The van der Waals surface area contributed by atoms with Crippen molar-refractivity contribution in [1.82, 2.24) is 10.2 Å². The van der Waals surface area contributed by atoms with Crippen molar-refractivity contribution >= 4 is 44.4 Å². The summed E-state index contributed by atoms with van der Waals surface area (Å²) in [5, 5.41) is 3.51. The molecule has 3 nitrogen and oxygen atoms in total. The van der Waals surface area contributed by atoms with E-state index in [1.54, 1.807) is 0 Å². The fourth-order valence-electron chi connectivity index (χ4n) is 2.86. The average molecular weight is 463 g/mol. The van der Waals surface area contributed by atoms with E-state index >= 15 is 0 Å². The summed E-state index contributed by atoms with van der Waals surface area (Å²) in [6.45, 7) is 2.84. The molecule has 0 radical (unpaired) electrons. The maximum Gasteiger partial charge on any atom is 0.255 e. The molecule has 0 spiro atoms. The third kappa shape index (κ3) is 4.20. The minimum Gasteiger partial charge on any atom is -0.337 e. The van der Waals surface area contributed by atoms with Gasteiger partial charge in [-0.15, -0.1) is 0 Å². The van der Waals surface area contributed by atoms with Gasteiger partial charge in [-0.25, -0.2) is 0 Å². The highest BCUT2D eigenvalue weighted by Crippen LogP contribution is 2.31. The lowest BCUT2D eigenvalue weighted by Gasteiger charge is -2.26. The van der Waals surface area contributed by atoms with Gasteiger partial charge in [0, 0.05) is 27.2 Å². The van der Waals surface area contributed by atoms with E-state index in [2.05, 4.69) is 48.7 Å². The molecule has 0 bridgehead atoms. The Bertz CT molecular complexity index is 527. The molecule has 5 heteroatoms. The summed E-state index contributed by atoms with van der Waals surface area (Å²) in [5.74, 6) is 0.887. The predicted octanol–water partition coefficient (Wildman–Crippen LogP) is 3.66. The minimum absolute atomic E-state index is 0.168. The summed E-state index contributed by atoms with van der Waals surface area (Å²) >= 11 is 5.79. The van der Waals surface area contributed by atoms with Crippen LogP contribution in [0.25, 0.3) is 0 Å². The Kier molecular flexibility index (Phi) is 5.22. The molecule has 0 aromatic heterocycles. The summed E-state index contributed by atoms with van der Waals surface area (Å²) in [7, 11) is 0. The van der Waals surface area contributed by atoms with Gasteiger partial charge in [0.1, 0.15) is 0 Å². The van der Waals surface area contributed by atoms with E-state index in [1.165, 1.54) is 25.7 Å². The first kappa shape index (κ1) is 15.7. The van der Waals surface area contributed by atoms with Crippen molar-refractivity contribution in [1.29, 1.82) is 0 Å². The molecule has 1 saturated heterocycles. The van der Waals surface area contributed by atoms with Crippen molar-refractivity contribution in [2.24, 2.45) is 5.92 Å². The molecule has 1 aliphatic heterocycles. The van der Waals surface area contributed by atoms with Gasteiger partial charge in [0.05, 0.1) is 5.56 Å². The lowest BCUT2D eigenvalue weighted by molar-refractivity contribution is 0.0732. The van der Waals surface area contributed by atoms with Crippen LogP contribution in [-0.2, 0) is 0 Å². The number of nitrogens with zero attached hydrogens (tertiary/aromatic N) is 1. The average Bonchev–Trinajstić information content (AvgIpc) is 3.13. The minimum atomic E-state index is 0.168. The highest BCUT2D eigenvalue weighted by Gasteiger charge is 2.30. The van der Waals surface area contributed by atoms with Gasteiger partial charge >= 0.3 is 0 Å². The molecule has 114 valence electrons. The van der Waals surface area contributed by atoms with Crippen LogP contribution in [0.3, 0.4) is 0 Å². The van der Waals surface area contributed by atoms with Gasteiger partial charge in [0.2, 0.25) is 0 Å². The summed E-state index contributed by atoms with van der Waals surface area (Å²) < 4.78 is 2.00. The molecule has 1 amide bonds. The third-order valence-electron chi connectivity index (χ3n) is 4.22. The normalized spacial score (nSPS) is 21.5. The summed E-state index contributed by atoms with van der Waals surface area (Å²) in [6.07, 6.45) is 4.95. The molecular weight excluding hydrogens is 443 g/mol. The molecule has 1 N–H and O–H groups in total. The Labute approximate surface area is 148 Å². The van der Waals surface area contributed by atoms with Gasteiger partial charge in [0.15, 0.2) is 0 Å². The number of nitrogens with one attached hydrogen (secondary N) is 1. The van der Waals surface area contributed by atoms with E-state index in [-0.39, 0.29) is 5.91 Å². The number of hydrogen-bond acceptors (Lipinski definition) is 2. The zero-order valence-corrected chi connectivity index (χ0v) is 15.7. The molecule has 21 heavy (non-hydrogen) atoms. The SMILES string of the molecule is O=C(c1cc(I)ccc1Br)N(CC1CC1)CC1CCCN1. The van der Waals surface area contributed by atoms with Gasteiger partial charge in [-0.05, 0) is 94.9 Å². The Morgan fingerprint density at radius 1 is 1.33 bits per heavy atom. The summed E-state index contributed by atoms with van der Waals surface area (Å²) in [5.41, 5.74) is 0.792. The molecule has 2 aliphatic rings. The Hall–Kier alpha value is -0.140. The number of rotatable bonds is 5. The maximum atomic E-state index is 12.9. The highest BCUT2D eigenvalue weighted by molar-refractivity contribution is 14.1. The van der Waals surface area contributed by atoms with E-state index < -0.39 is 0 Å². The molecule has 1 aromatic rings. The zero-order chi connectivity index (χ0) is 14.8. The van der Waals surface area contributed by atoms with Crippen LogP contribution in [0.5, 0.6) is 0 Å². The second-order valence-corrected chi connectivity index (χ2v) is 8.17. The van der Waals surface area contributed by atoms with Crippen LogP contribution in [0.2, 0.25) is 0 Å². The highest BCUT2D eigenvalue weighted by atomic mass is 127. The van der Waals surface area contributed by atoms with E-state index in [4.69, 9.17) is 0 Å². The van der Waals surface area contributed by atoms with Gasteiger partial charge in [-0.3, -0.25) is 4.79 Å². The molecule has 1 saturated carbocycles. The van der Waals surface area contributed by atoms with Crippen molar-refractivity contribution in [2.75, 3.05) is 19.6 Å². The smallest absolute Gasteiger partial charge is 0.255 e. The lowest BCUT2D eigenvalue weighted by Crippen LogP contribution is -2.42. The van der Waals surface area contributed by atoms with Gasteiger partial charge in [-0.2, -0.15) is 0 Å². The van der Waals surface area contributed by atoms with Crippen molar-refractivity contribution in [3.8, 4) is 0 Å². The molecule has 1 heterocycles. The number of halogens is 2. The number of carbonyl (C=O) groups is 1. The van der Waals surface area contributed by atoms with Crippen molar-refractivity contribution in [3.63, 3.8) is 0 Å². The maximum absolute atomic E-state index is 12.9. The summed E-state index contributed by atoms with van der Waals surface area (Å²) in [4.78, 5) is 15.0. The van der Waals surface area contributed by atoms with E-state index in [1.807, 2.05) is 18.2 Å². The topological polar surface area (TPSA) is 32.3 Å². The molecule has 1 atom stereocenters. The molecular formula is C16H20BrIN2O. The predicted molar refractivity (Wildman–Crippen MR) is 96.5 cm³/mol. The quantitative estimate of drug-likeness (QED) is 0.677. The largest absolute Gasteiger partial charge is 0.337 e. The van der Waals surface area contributed by atoms with E-state index in [0.717, 1.165) is 39.2 Å². The van der Waals surface area contributed by atoms with Gasteiger partial charge in [0.25, 0.3) is 5.91 Å². The van der Waals surface area contributed by atoms with Crippen LogP contribution in [-0.4, -0.2) is 36.5 Å². The molecule has 1 aliphatic carbocycles. The standard InChI is InChI=1S/C16H20BrIN2O/c17-15-6-5-12(18)8-14(15)16(21)20(9-11-3-4-11)10-13-2-1-7-19-13/h5-6,8,11,13,19H,1-4,7,9-10H2. The first-order chi connectivity index (χ1) is 10.1. The fourth-order valence-corrected chi connectivity index (χ4v) is 3.77. The third-order valence-corrected chi connectivity index (χ3v) is 5.59. The molecule has 1 unspecified atom stereocenters. The van der Waals surface area contributed by atoms with E-state index in [9.17, 15) is 4.79 Å². The van der Waals surface area contributed by atoms with Crippen molar-refractivity contribution < 1.29 is 4.79 Å². The lowest BCUT2D eigenvalue weighted by atomic mass is 10.1. The molecule has 2 fully saturated rings. The zero-order valence-electron chi connectivity index (χ0n) is 11.9. The Morgan fingerprint density at radius 2 is 2.14 bits per heavy atom. The summed E-state index contributed by atoms with van der Waals surface area (Å²) in [6, 6.07) is 6.44. The number of hydrogen-bond donors (Lipinski definition) is 1. The van der Waals surface area contributed by atoms with Crippen LogP contribution in [0.15, 0.2) is 22.7 Å².